The average molecular weight is 520 g/mol. The molecular weight excluding hydrogens is 497 g/mol. The first kappa shape index (κ1) is 24.7. The van der Waals surface area contributed by atoms with Crippen LogP contribution in [0.5, 0.6) is 5.75 Å². The van der Waals surface area contributed by atoms with Crippen LogP contribution in [-0.2, 0) is 16.1 Å². The second-order valence-electron chi connectivity index (χ2n) is 9.24. The van der Waals surface area contributed by atoms with Gasteiger partial charge in [-0.25, -0.2) is 13.2 Å². The highest BCUT2D eigenvalue weighted by atomic mass is 19.1. The molecule has 10 nitrogen and oxygen atoms in total. The molecule has 3 unspecified atom stereocenters. The standard InChI is InChI=1S/C24H23F3N4O6/c1-36-18-7-24(37-29-18)5-4-14(8-25)30-11-17(24)31-10-15(20(32)21(33)19(31)23(30)35)22(34)28-9-12-2-3-13(26)6-16(12)27/h2-3,6,10,14,17,33H,4-5,7-9,11H2,1H3,(H,28,34). The van der Waals surface area contributed by atoms with Crippen LogP contribution in [-0.4, -0.2) is 64.3 Å². The Hall–Kier alpha value is -4.03. The number of carbonyl (C=O) groups excluding carboxylic acids is 2. The van der Waals surface area contributed by atoms with Crippen LogP contribution < -0.4 is 10.7 Å². The molecule has 4 heterocycles. The molecule has 2 bridgehead atoms. The summed E-state index contributed by atoms with van der Waals surface area (Å²) in [6.07, 6.45) is 1.84. The Morgan fingerprint density at radius 2 is 2.14 bits per heavy atom. The summed E-state index contributed by atoms with van der Waals surface area (Å²) in [5.41, 5.74) is -3.13. The third-order valence-corrected chi connectivity index (χ3v) is 7.22. The summed E-state index contributed by atoms with van der Waals surface area (Å²) >= 11 is 0. The fourth-order valence-corrected chi connectivity index (χ4v) is 5.18. The van der Waals surface area contributed by atoms with Gasteiger partial charge in [0.1, 0.15) is 23.9 Å². The number of pyridine rings is 1. The molecule has 5 rings (SSSR count). The maximum atomic E-state index is 14.0. The molecule has 3 aliphatic heterocycles. The number of halogens is 3. The smallest absolute Gasteiger partial charge is 0.274 e. The normalized spacial score (nSPS) is 24.3. The van der Waals surface area contributed by atoms with E-state index in [1.807, 2.05) is 0 Å². The molecule has 0 radical (unpaired) electrons. The summed E-state index contributed by atoms with van der Waals surface area (Å²) in [5, 5.41) is 17.1. The first-order valence-electron chi connectivity index (χ1n) is 11.5. The van der Waals surface area contributed by atoms with Crippen molar-refractivity contribution in [2.24, 2.45) is 5.16 Å². The summed E-state index contributed by atoms with van der Waals surface area (Å²) in [4.78, 5) is 46.2. The van der Waals surface area contributed by atoms with Crippen molar-refractivity contribution in [1.29, 1.82) is 0 Å². The van der Waals surface area contributed by atoms with E-state index in [0.717, 1.165) is 18.3 Å². The van der Waals surface area contributed by atoms with Crippen LogP contribution in [0.2, 0.25) is 0 Å². The number of rotatable bonds is 4. The van der Waals surface area contributed by atoms with Crippen molar-refractivity contribution < 1.29 is 37.4 Å². The van der Waals surface area contributed by atoms with Gasteiger partial charge in [-0.2, -0.15) is 0 Å². The van der Waals surface area contributed by atoms with Crippen LogP contribution in [0.4, 0.5) is 13.2 Å². The minimum Gasteiger partial charge on any atom is -0.503 e. The van der Waals surface area contributed by atoms with Crippen LogP contribution in [0.1, 0.15) is 51.7 Å². The van der Waals surface area contributed by atoms with E-state index in [2.05, 4.69) is 10.5 Å². The summed E-state index contributed by atoms with van der Waals surface area (Å²) in [6.45, 7) is -1.21. The van der Waals surface area contributed by atoms with E-state index in [4.69, 9.17) is 9.57 Å². The number of alkyl halides is 1. The number of nitrogens with zero attached hydrogens (tertiary/aromatic N) is 3. The molecule has 1 aromatic carbocycles. The number of benzene rings is 1. The lowest BCUT2D eigenvalue weighted by Gasteiger charge is -2.41. The molecule has 3 aliphatic rings. The number of nitrogens with one attached hydrogen (secondary N) is 1. The number of carbonyl (C=O) groups is 2. The van der Waals surface area contributed by atoms with E-state index < -0.39 is 70.2 Å². The number of hydrogen-bond donors (Lipinski definition) is 2. The molecule has 1 saturated heterocycles. The van der Waals surface area contributed by atoms with Crippen molar-refractivity contribution in [3.8, 4) is 5.75 Å². The number of ether oxygens (including phenoxy) is 1. The van der Waals surface area contributed by atoms with Crippen LogP contribution in [0.3, 0.4) is 0 Å². The first-order valence-corrected chi connectivity index (χ1v) is 11.5. The third kappa shape index (κ3) is 3.98. The summed E-state index contributed by atoms with van der Waals surface area (Å²) in [5.74, 6) is -4.05. The van der Waals surface area contributed by atoms with Crippen LogP contribution >= 0.6 is 0 Å². The van der Waals surface area contributed by atoms with Gasteiger partial charge in [-0.15, -0.1) is 0 Å². The SMILES string of the molecule is COC1=NOC2(CCC(CF)N3CC2n2cc(C(=O)NCc4ccc(F)cc4F)c(=O)c(O)c2C3=O)C1. The Labute approximate surface area is 208 Å². The number of aromatic hydroxyl groups is 1. The largest absolute Gasteiger partial charge is 0.503 e. The van der Waals surface area contributed by atoms with Gasteiger partial charge in [0.2, 0.25) is 11.3 Å². The molecule has 0 aliphatic carbocycles. The molecule has 196 valence electrons. The van der Waals surface area contributed by atoms with Crippen LogP contribution in [0, 0.1) is 11.6 Å². The second-order valence-corrected chi connectivity index (χ2v) is 9.24. The maximum absolute atomic E-state index is 14.0. The van der Waals surface area contributed by atoms with Crippen molar-refractivity contribution in [3.63, 3.8) is 0 Å². The number of methoxy groups -OCH3 is 1. The number of fused-ring (bicyclic) bond motifs is 5. The molecule has 1 fully saturated rings. The second kappa shape index (κ2) is 9.12. The van der Waals surface area contributed by atoms with E-state index in [1.54, 1.807) is 0 Å². The molecule has 2 amide bonds. The van der Waals surface area contributed by atoms with Gasteiger partial charge >= 0.3 is 0 Å². The summed E-state index contributed by atoms with van der Waals surface area (Å²) in [6, 6.07) is 1.28. The van der Waals surface area contributed by atoms with Gasteiger partial charge in [-0.1, -0.05) is 11.2 Å². The lowest BCUT2D eigenvalue weighted by atomic mass is 9.85. The Morgan fingerprint density at radius 3 is 2.81 bits per heavy atom. The predicted octanol–water partition coefficient (Wildman–Crippen LogP) is 2.01. The molecule has 37 heavy (non-hydrogen) atoms. The summed E-state index contributed by atoms with van der Waals surface area (Å²) in [7, 11) is 1.42. The fraction of sp³-hybridized carbons (Fsp3) is 0.417. The average Bonchev–Trinajstić information content (AvgIpc) is 3.24. The predicted molar refractivity (Wildman–Crippen MR) is 122 cm³/mol. The van der Waals surface area contributed by atoms with Crippen LogP contribution in [0.15, 0.2) is 34.3 Å². The van der Waals surface area contributed by atoms with E-state index in [-0.39, 0.29) is 43.8 Å². The minimum absolute atomic E-state index is 0.0168. The lowest BCUT2D eigenvalue weighted by Crippen LogP contribution is -2.53. The highest BCUT2D eigenvalue weighted by Crippen LogP contribution is 2.46. The number of aromatic nitrogens is 1. The Kier molecular flexibility index (Phi) is 6.08. The number of oxime groups is 1. The molecule has 1 aromatic heterocycles. The molecule has 3 atom stereocenters. The molecule has 0 saturated carbocycles. The molecule has 2 aromatic rings. The lowest BCUT2D eigenvalue weighted by molar-refractivity contribution is -0.0655. The zero-order valence-corrected chi connectivity index (χ0v) is 19.7. The molecule has 2 N–H and O–H groups in total. The Morgan fingerprint density at radius 1 is 1.35 bits per heavy atom. The van der Waals surface area contributed by atoms with Crippen molar-refractivity contribution >= 4 is 17.7 Å². The zero-order chi connectivity index (χ0) is 26.5. The maximum Gasteiger partial charge on any atom is 0.274 e. The number of hydrogen-bond acceptors (Lipinski definition) is 7. The molecule has 13 heteroatoms. The minimum atomic E-state index is -1.12. The zero-order valence-electron chi connectivity index (χ0n) is 19.7. The first-order chi connectivity index (χ1) is 17.7. The van der Waals surface area contributed by atoms with Crippen molar-refractivity contribution in [1.82, 2.24) is 14.8 Å². The highest BCUT2D eigenvalue weighted by Gasteiger charge is 2.55. The van der Waals surface area contributed by atoms with Gasteiger partial charge in [-0.05, 0) is 18.9 Å². The van der Waals surface area contributed by atoms with Gasteiger partial charge in [0.05, 0.1) is 25.6 Å². The third-order valence-electron chi connectivity index (χ3n) is 7.22. The van der Waals surface area contributed by atoms with E-state index in [9.17, 15) is 32.7 Å². The van der Waals surface area contributed by atoms with Crippen LogP contribution in [0.25, 0.3) is 0 Å². The van der Waals surface area contributed by atoms with Crippen molar-refractivity contribution in [2.45, 2.75) is 43.5 Å². The van der Waals surface area contributed by atoms with E-state index in [1.165, 1.54) is 16.6 Å². The molecule has 1 spiro atoms. The van der Waals surface area contributed by atoms with Gasteiger partial charge in [0.15, 0.2) is 17.0 Å². The Balaban J connectivity index is 1.55. The van der Waals surface area contributed by atoms with Gasteiger partial charge in [0.25, 0.3) is 11.8 Å². The Bertz CT molecular complexity index is 1380. The fourth-order valence-electron chi connectivity index (χ4n) is 5.18. The molecular formula is C24H23F3N4O6. The van der Waals surface area contributed by atoms with E-state index >= 15 is 0 Å². The van der Waals surface area contributed by atoms with Crippen molar-refractivity contribution in [3.05, 3.63) is 63.1 Å². The van der Waals surface area contributed by atoms with Gasteiger partial charge in [-0.3, -0.25) is 14.4 Å². The monoisotopic (exact) mass is 520 g/mol. The van der Waals surface area contributed by atoms with E-state index in [0.29, 0.717) is 6.07 Å². The highest BCUT2D eigenvalue weighted by molar-refractivity contribution is 5.99. The van der Waals surface area contributed by atoms with Crippen molar-refractivity contribution in [2.75, 3.05) is 20.3 Å². The quantitative estimate of drug-likeness (QED) is 0.636. The number of amides is 2. The summed E-state index contributed by atoms with van der Waals surface area (Å²) < 4.78 is 47.6. The topological polar surface area (TPSA) is 122 Å². The van der Waals surface area contributed by atoms with Gasteiger partial charge in [0, 0.05) is 30.9 Å². The van der Waals surface area contributed by atoms with Gasteiger partial charge < -0.3 is 29.5 Å².